The van der Waals surface area contributed by atoms with Crippen LogP contribution >= 0.6 is 0 Å². The van der Waals surface area contributed by atoms with Gasteiger partial charge in [0.2, 0.25) is 0 Å². The van der Waals surface area contributed by atoms with Gasteiger partial charge in [-0.1, -0.05) is 0 Å². The van der Waals surface area contributed by atoms with Crippen LogP contribution in [0.4, 0.5) is 5.69 Å². The van der Waals surface area contributed by atoms with Crippen LogP contribution in [0.15, 0.2) is 41.0 Å². The molecule has 0 aliphatic carbocycles. The molecule has 4 heteroatoms. The van der Waals surface area contributed by atoms with Gasteiger partial charge in [0.15, 0.2) is 11.5 Å². The summed E-state index contributed by atoms with van der Waals surface area (Å²) in [7, 11) is 3.28. The molecule has 0 radical (unpaired) electrons. The Hall–Kier alpha value is -2.10. The Kier molecular flexibility index (Phi) is 4.93. The van der Waals surface area contributed by atoms with Gasteiger partial charge in [0.25, 0.3) is 0 Å². The monoisotopic (exact) mass is 275 g/mol. The molecule has 2 rings (SSSR count). The second-order valence-corrected chi connectivity index (χ2v) is 4.73. The Morgan fingerprint density at radius 1 is 1.15 bits per heavy atom. The van der Waals surface area contributed by atoms with E-state index in [0.717, 1.165) is 35.8 Å². The summed E-state index contributed by atoms with van der Waals surface area (Å²) in [6.07, 6.45) is 3.64. The van der Waals surface area contributed by atoms with Gasteiger partial charge in [0, 0.05) is 24.2 Å². The van der Waals surface area contributed by atoms with Crippen molar-refractivity contribution in [3.05, 3.63) is 42.4 Å². The molecule has 1 aromatic heterocycles. The number of nitrogens with one attached hydrogen (secondary N) is 1. The first-order valence-corrected chi connectivity index (χ1v) is 6.74. The van der Waals surface area contributed by atoms with Gasteiger partial charge in [-0.15, -0.1) is 0 Å². The van der Waals surface area contributed by atoms with Crippen molar-refractivity contribution in [2.75, 3.05) is 19.5 Å². The van der Waals surface area contributed by atoms with Crippen LogP contribution in [0.1, 0.15) is 19.1 Å². The minimum Gasteiger partial charge on any atom is -0.493 e. The number of anilines is 1. The number of furan rings is 1. The van der Waals surface area contributed by atoms with Crippen molar-refractivity contribution >= 4 is 5.69 Å². The molecule has 0 fully saturated rings. The quantitative estimate of drug-likeness (QED) is 0.836. The first kappa shape index (κ1) is 14.3. The van der Waals surface area contributed by atoms with E-state index in [4.69, 9.17) is 13.9 Å². The molecule has 1 N–H and O–H groups in total. The fraction of sp³-hybridized carbons (Fsp3) is 0.375. The highest BCUT2D eigenvalue weighted by atomic mass is 16.5. The van der Waals surface area contributed by atoms with E-state index < -0.39 is 0 Å². The summed E-state index contributed by atoms with van der Waals surface area (Å²) >= 11 is 0. The van der Waals surface area contributed by atoms with Crippen molar-refractivity contribution < 1.29 is 13.9 Å². The van der Waals surface area contributed by atoms with E-state index in [1.54, 1.807) is 20.5 Å². The Balaban J connectivity index is 1.91. The molecule has 0 bridgehead atoms. The maximum atomic E-state index is 5.34. The molecule has 0 aliphatic heterocycles. The molecule has 1 heterocycles. The molecule has 4 nitrogen and oxygen atoms in total. The van der Waals surface area contributed by atoms with Gasteiger partial charge in [-0.2, -0.15) is 0 Å². The normalized spacial score (nSPS) is 11.9. The lowest BCUT2D eigenvalue weighted by Gasteiger charge is -2.16. The van der Waals surface area contributed by atoms with Gasteiger partial charge >= 0.3 is 0 Å². The number of ether oxygens (including phenoxy) is 2. The summed E-state index contributed by atoms with van der Waals surface area (Å²) in [6.45, 7) is 2.15. The van der Waals surface area contributed by atoms with E-state index in [1.165, 1.54) is 0 Å². The number of benzene rings is 1. The summed E-state index contributed by atoms with van der Waals surface area (Å²) in [5.74, 6) is 2.49. The van der Waals surface area contributed by atoms with Crippen LogP contribution in [0.25, 0.3) is 0 Å². The molecular weight excluding hydrogens is 254 g/mol. The second-order valence-electron chi connectivity index (χ2n) is 4.73. The zero-order chi connectivity index (χ0) is 14.4. The fourth-order valence-corrected chi connectivity index (χ4v) is 2.10. The lowest BCUT2D eigenvalue weighted by molar-refractivity contribution is 0.355. The van der Waals surface area contributed by atoms with Crippen LogP contribution in [-0.2, 0) is 6.42 Å². The third-order valence-electron chi connectivity index (χ3n) is 3.20. The topological polar surface area (TPSA) is 43.6 Å². The fourth-order valence-electron chi connectivity index (χ4n) is 2.10. The molecule has 20 heavy (non-hydrogen) atoms. The number of aryl methyl sites for hydroxylation is 1. The summed E-state index contributed by atoms with van der Waals surface area (Å²) < 4.78 is 15.9. The van der Waals surface area contributed by atoms with E-state index >= 15 is 0 Å². The van der Waals surface area contributed by atoms with Crippen LogP contribution in [-0.4, -0.2) is 20.3 Å². The minimum absolute atomic E-state index is 0.346. The van der Waals surface area contributed by atoms with Crippen molar-refractivity contribution in [3.63, 3.8) is 0 Å². The first-order valence-electron chi connectivity index (χ1n) is 6.74. The van der Waals surface area contributed by atoms with E-state index in [0.29, 0.717) is 6.04 Å². The highest BCUT2D eigenvalue weighted by Crippen LogP contribution is 2.30. The maximum Gasteiger partial charge on any atom is 0.162 e. The maximum absolute atomic E-state index is 5.34. The van der Waals surface area contributed by atoms with Crippen molar-refractivity contribution in [2.24, 2.45) is 0 Å². The molecule has 1 aromatic carbocycles. The number of hydrogen-bond donors (Lipinski definition) is 1. The third-order valence-corrected chi connectivity index (χ3v) is 3.20. The Morgan fingerprint density at radius 2 is 1.95 bits per heavy atom. The van der Waals surface area contributed by atoms with E-state index in [-0.39, 0.29) is 0 Å². The predicted octanol–water partition coefficient (Wildman–Crippen LogP) is 3.73. The van der Waals surface area contributed by atoms with E-state index in [2.05, 4.69) is 12.2 Å². The average molecular weight is 275 g/mol. The summed E-state index contributed by atoms with van der Waals surface area (Å²) in [4.78, 5) is 0. The second kappa shape index (κ2) is 6.89. The molecule has 0 amide bonds. The van der Waals surface area contributed by atoms with Crippen LogP contribution < -0.4 is 14.8 Å². The Morgan fingerprint density at radius 3 is 2.60 bits per heavy atom. The molecule has 2 aromatic rings. The molecule has 0 spiro atoms. The van der Waals surface area contributed by atoms with Gasteiger partial charge in [-0.05, 0) is 37.6 Å². The highest BCUT2D eigenvalue weighted by Gasteiger charge is 2.08. The SMILES string of the molecule is COc1ccc(NC(C)CCc2ccco2)cc1OC. The first-order chi connectivity index (χ1) is 9.72. The molecule has 0 aliphatic rings. The molecule has 0 saturated heterocycles. The van der Waals surface area contributed by atoms with Crippen LogP contribution in [0.3, 0.4) is 0 Å². The zero-order valence-corrected chi connectivity index (χ0v) is 12.2. The van der Waals surface area contributed by atoms with E-state index in [1.807, 2.05) is 30.3 Å². The largest absolute Gasteiger partial charge is 0.493 e. The van der Waals surface area contributed by atoms with Gasteiger partial charge in [-0.3, -0.25) is 0 Å². The van der Waals surface area contributed by atoms with Crippen molar-refractivity contribution in [2.45, 2.75) is 25.8 Å². The van der Waals surface area contributed by atoms with Crippen LogP contribution in [0.5, 0.6) is 11.5 Å². The average Bonchev–Trinajstić information content (AvgIpc) is 2.98. The Bertz CT molecular complexity index is 523. The highest BCUT2D eigenvalue weighted by molar-refractivity contribution is 5.55. The predicted molar refractivity (Wildman–Crippen MR) is 79.7 cm³/mol. The summed E-state index contributed by atoms with van der Waals surface area (Å²) in [6, 6.07) is 10.1. The Labute approximate surface area is 119 Å². The molecule has 108 valence electrons. The van der Waals surface area contributed by atoms with Crippen molar-refractivity contribution in [1.82, 2.24) is 0 Å². The lowest BCUT2D eigenvalue weighted by atomic mass is 10.1. The minimum atomic E-state index is 0.346. The van der Waals surface area contributed by atoms with Crippen LogP contribution in [0, 0.1) is 0 Å². The van der Waals surface area contributed by atoms with Crippen molar-refractivity contribution in [3.8, 4) is 11.5 Å². The molecule has 1 unspecified atom stereocenters. The van der Waals surface area contributed by atoms with E-state index in [9.17, 15) is 0 Å². The smallest absolute Gasteiger partial charge is 0.162 e. The number of methoxy groups -OCH3 is 2. The standard InChI is InChI=1S/C16H21NO3/c1-12(6-8-14-5-4-10-20-14)17-13-7-9-15(18-2)16(11-13)19-3/h4-5,7,9-12,17H,6,8H2,1-3H3. The summed E-state index contributed by atoms with van der Waals surface area (Å²) in [5, 5.41) is 3.45. The molecular formula is C16H21NO3. The molecule has 0 saturated carbocycles. The van der Waals surface area contributed by atoms with Gasteiger partial charge in [0.05, 0.1) is 20.5 Å². The third kappa shape index (κ3) is 3.70. The number of hydrogen-bond acceptors (Lipinski definition) is 4. The lowest BCUT2D eigenvalue weighted by Crippen LogP contribution is -2.15. The number of rotatable bonds is 7. The zero-order valence-electron chi connectivity index (χ0n) is 12.2. The van der Waals surface area contributed by atoms with Gasteiger partial charge in [0.1, 0.15) is 5.76 Å². The van der Waals surface area contributed by atoms with Crippen LogP contribution in [0.2, 0.25) is 0 Å². The van der Waals surface area contributed by atoms with Gasteiger partial charge < -0.3 is 19.2 Å². The van der Waals surface area contributed by atoms with Crippen molar-refractivity contribution in [1.29, 1.82) is 0 Å². The van der Waals surface area contributed by atoms with Gasteiger partial charge in [-0.25, -0.2) is 0 Å². The summed E-state index contributed by atoms with van der Waals surface area (Å²) in [5.41, 5.74) is 1.02. The molecule has 1 atom stereocenters.